The molecule has 0 bridgehead atoms. The molecule has 0 fully saturated rings. The van der Waals surface area contributed by atoms with E-state index in [4.69, 9.17) is 16.7 Å². The van der Waals surface area contributed by atoms with Gasteiger partial charge in [-0.05, 0) is 47.2 Å². The Morgan fingerprint density at radius 2 is 1.94 bits per heavy atom. The number of nitrogens with zero attached hydrogens (tertiary/aromatic N) is 4. The summed E-state index contributed by atoms with van der Waals surface area (Å²) in [4.78, 5) is 13.6. The number of nitrogens with one attached hydrogen (secondary N) is 1. The third-order valence-electron chi connectivity index (χ3n) is 5.64. The van der Waals surface area contributed by atoms with Gasteiger partial charge in [0.05, 0.1) is 46.3 Å². The second-order valence-electron chi connectivity index (χ2n) is 7.97. The van der Waals surface area contributed by atoms with E-state index in [1.165, 1.54) is 27.7 Å². The number of carbonyl (C=O) groups is 1. The summed E-state index contributed by atoms with van der Waals surface area (Å²) < 4.78 is 3.70. The highest BCUT2D eigenvalue weighted by Gasteiger charge is 2.17. The van der Waals surface area contributed by atoms with Crippen LogP contribution in [0.1, 0.15) is 32.2 Å². The van der Waals surface area contributed by atoms with Crippen molar-refractivity contribution < 1.29 is 4.79 Å². The van der Waals surface area contributed by atoms with Crippen molar-refractivity contribution in [3.05, 3.63) is 98.7 Å². The third-order valence-corrected chi connectivity index (χ3v) is 6.82. The number of halogens is 1. The monoisotopic (exact) mass is 475 g/mol. The Morgan fingerprint density at radius 1 is 1.12 bits per heavy atom. The molecule has 0 unspecified atom stereocenters. The SMILES string of the molecule is Cc1nn(Cc2cccc3ccccc23)c(C)c1NC(=O)c1cc(Cn2cc(Cl)cn2)cs1. The van der Waals surface area contributed by atoms with Gasteiger partial charge >= 0.3 is 0 Å². The van der Waals surface area contributed by atoms with Crippen LogP contribution in [-0.2, 0) is 13.1 Å². The number of aromatic nitrogens is 4. The first-order valence-electron chi connectivity index (χ1n) is 10.6. The maximum Gasteiger partial charge on any atom is 0.265 e. The van der Waals surface area contributed by atoms with Gasteiger partial charge in [0.2, 0.25) is 0 Å². The van der Waals surface area contributed by atoms with Gasteiger partial charge in [-0.15, -0.1) is 11.3 Å². The molecule has 0 atom stereocenters. The third kappa shape index (κ3) is 4.42. The molecule has 1 N–H and O–H groups in total. The summed E-state index contributed by atoms with van der Waals surface area (Å²) in [7, 11) is 0. The first-order valence-corrected chi connectivity index (χ1v) is 11.8. The average molecular weight is 476 g/mol. The van der Waals surface area contributed by atoms with E-state index < -0.39 is 0 Å². The van der Waals surface area contributed by atoms with Crippen molar-refractivity contribution in [3.8, 4) is 0 Å². The number of amides is 1. The van der Waals surface area contributed by atoms with Crippen molar-refractivity contribution in [1.29, 1.82) is 0 Å². The van der Waals surface area contributed by atoms with Crippen LogP contribution in [0.2, 0.25) is 5.02 Å². The lowest BCUT2D eigenvalue weighted by atomic mass is 10.0. The largest absolute Gasteiger partial charge is 0.318 e. The Labute approximate surface area is 200 Å². The number of anilines is 1. The molecule has 5 rings (SSSR count). The first-order chi connectivity index (χ1) is 16.0. The zero-order chi connectivity index (χ0) is 22.9. The van der Waals surface area contributed by atoms with E-state index in [1.807, 2.05) is 36.0 Å². The van der Waals surface area contributed by atoms with Gasteiger partial charge in [0.25, 0.3) is 5.91 Å². The zero-order valence-corrected chi connectivity index (χ0v) is 19.8. The fourth-order valence-corrected chi connectivity index (χ4v) is 4.94. The molecule has 0 radical (unpaired) electrons. The van der Waals surface area contributed by atoms with Gasteiger partial charge in [-0.3, -0.25) is 14.2 Å². The number of fused-ring (bicyclic) bond motifs is 1. The fraction of sp³-hybridized carbons (Fsp3) is 0.160. The van der Waals surface area contributed by atoms with Gasteiger partial charge in [0.15, 0.2) is 0 Å². The normalized spacial score (nSPS) is 11.2. The van der Waals surface area contributed by atoms with Gasteiger partial charge in [-0.25, -0.2) is 0 Å². The van der Waals surface area contributed by atoms with Crippen LogP contribution in [0, 0.1) is 13.8 Å². The number of hydrogen-bond acceptors (Lipinski definition) is 4. The maximum atomic E-state index is 12.9. The molecule has 1 amide bonds. The predicted molar refractivity (Wildman–Crippen MR) is 133 cm³/mol. The summed E-state index contributed by atoms with van der Waals surface area (Å²) in [6.45, 7) is 5.11. The molecule has 0 aliphatic heterocycles. The summed E-state index contributed by atoms with van der Waals surface area (Å²) in [6, 6.07) is 16.5. The molecule has 0 aliphatic rings. The Bertz CT molecular complexity index is 1460. The molecular formula is C25H22ClN5OS. The molecule has 3 heterocycles. The zero-order valence-electron chi connectivity index (χ0n) is 18.2. The quantitative estimate of drug-likeness (QED) is 0.332. The topological polar surface area (TPSA) is 64.7 Å². The van der Waals surface area contributed by atoms with Gasteiger partial charge < -0.3 is 5.32 Å². The van der Waals surface area contributed by atoms with E-state index in [1.54, 1.807) is 17.1 Å². The number of carbonyl (C=O) groups excluding carboxylic acids is 1. The minimum Gasteiger partial charge on any atom is -0.318 e. The second kappa shape index (κ2) is 8.84. The van der Waals surface area contributed by atoms with Crippen molar-refractivity contribution in [2.45, 2.75) is 26.9 Å². The predicted octanol–water partition coefficient (Wildman–Crippen LogP) is 5.91. The number of rotatable bonds is 6. The van der Waals surface area contributed by atoms with E-state index >= 15 is 0 Å². The number of benzene rings is 2. The molecule has 8 heteroatoms. The van der Waals surface area contributed by atoms with Crippen molar-refractivity contribution in [2.75, 3.05) is 5.32 Å². The van der Waals surface area contributed by atoms with Gasteiger partial charge in [0, 0.05) is 6.20 Å². The van der Waals surface area contributed by atoms with Crippen molar-refractivity contribution in [1.82, 2.24) is 19.6 Å². The van der Waals surface area contributed by atoms with Crippen LogP contribution in [-0.4, -0.2) is 25.5 Å². The van der Waals surface area contributed by atoms with Gasteiger partial charge in [0.1, 0.15) is 0 Å². The number of aryl methyl sites for hydroxylation is 1. The lowest BCUT2D eigenvalue weighted by Gasteiger charge is -2.09. The minimum atomic E-state index is -0.138. The molecular weight excluding hydrogens is 454 g/mol. The Kier molecular flexibility index (Phi) is 5.74. The molecule has 0 saturated carbocycles. The molecule has 0 saturated heterocycles. The molecule has 0 aliphatic carbocycles. The summed E-state index contributed by atoms with van der Waals surface area (Å²) in [5, 5.41) is 16.9. The summed E-state index contributed by atoms with van der Waals surface area (Å²) in [5.74, 6) is -0.138. The van der Waals surface area contributed by atoms with E-state index in [9.17, 15) is 4.79 Å². The van der Waals surface area contributed by atoms with Gasteiger partial charge in [-0.1, -0.05) is 54.1 Å². The van der Waals surface area contributed by atoms with E-state index in [2.05, 4.69) is 46.8 Å². The van der Waals surface area contributed by atoms with Crippen LogP contribution in [0.3, 0.4) is 0 Å². The van der Waals surface area contributed by atoms with E-state index in [-0.39, 0.29) is 5.91 Å². The second-order valence-corrected chi connectivity index (χ2v) is 9.32. The maximum absolute atomic E-state index is 12.9. The van der Waals surface area contributed by atoms with Crippen LogP contribution in [0.5, 0.6) is 0 Å². The van der Waals surface area contributed by atoms with Crippen molar-refractivity contribution in [2.24, 2.45) is 0 Å². The molecule has 166 valence electrons. The molecule has 5 aromatic rings. The first kappa shape index (κ1) is 21.4. The van der Waals surface area contributed by atoms with E-state index in [0.29, 0.717) is 23.0 Å². The summed E-state index contributed by atoms with van der Waals surface area (Å²) >= 11 is 7.34. The van der Waals surface area contributed by atoms with Crippen LogP contribution < -0.4 is 5.32 Å². The molecule has 3 aromatic heterocycles. The highest BCUT2D eigenvalue weighted by Crippen LogP contribution is 2.25. The van der Waals surface area contributed by atoms with E-state index in [0.717, 1.165) is 22.6 Å². The lowest BCUT2D eigenvalue weighted by molar-refractivity contribution is 0.103. The smallest absolute Gasteiger partial charge is 0.265 e. The highest BCUT2D eigenvalue weighted by molar-refractivity contribution is 7.12. The Balaban J connectivity index is 1.34. The molecule has 6 nitrogen and oxygen atoms in total. The summed E-state index contributed by atoms with van der Waals surface area (Å²) in [5.41, 5.74) is 4.68. The van der Waals surface area contributed by atoms with Crippen molar-refractivity contribution in [3.63, 3.8) is 0 Å². The summed E-state index contributed by atoms with van der Waals surface area (Å²) in [6.07, 6.45) is 3.36. The average Bonchev–Trinajstić information content (AvgIpc) is 3.51. The highest BCUT2D eigenvalue weighted by atomic mass is 35.5. The van der Waals surface area contributed by atoms with Crippen LogP contribution >= 0.6 is 22.9 Å². The number of hydrogen-bond donors (Lipinski definition) is 1. The minimum absolute atomic E-state index is 0.138. The van der Waals surface area contributed by atoms with Crippen LogP contribution in [0.4, 0.5) is 5.69 Å². The molecule has 0 spiro atoms. The Morgan fingerprint density at radius 3 is 2.76 bits per heavy atom. The fourth-order valence-electron chi connectivity index (χ4n) is 3.99. The molecule has 2 aromatic carbocycles. The standard InChI is InChI=1S/C25H22ClN5OS/c1-16-24(28-25(32)23-10-18(15-33-23)12-30-14-21(26)11-27-30)17(2)31(29-16)13-20-8-5-7-19-6-3-4-9-22(19)20/h3-11,14-15H,12-13H2,1-2H3,(H,28,32). The van der Waals surface area contributed by atoms with Crippen LogP contribution in [0.25, 0.3) is 10.8 Å². The van der Waals surface area contributed by atoms with Crippen molar-refractivity contribution >= 4 is 45.3 Å². The Hall–Kier alpha value is -3.42. The molecule has 33 heavy (non-hydrogen) atoms. The van der Waals surface area contributed by atoms with Gasteiger partial charge in [-0.2, -0.15) is 10.2 Å². The number of thiophene rings is 1. The lowest BCUT2D eigenvalue weighted by Crippen LogP contribution is -2.12. The van der Waals surface area contributed by atoms with Crippen LogP contribution in [0.15, 0.2) is 66.3 Å².